The van der Waals surface area contributed by atoms with Gasteiger partial charge in [-0.25, -0.2) is 9.48 Å². The number of hydrogen-bond donors (Lipinski definition) is 2. The number of benzene rings is 1. The van der Waals surface area contributed by atoms with Gasteiger partial charge in [0, 0.05) is 0 Å². The minimum Gasteiger partial charge on any atom is -0.477 e. The Morgan fingerprint density at radius 1 is 1.40 bits per heavy atom. The lowest BCUT2D eigenvalue weighted by Gasteiger charge is -2.38. The molecule has 0 spiro atoms. The van der Waals surface area contributed by atoms with Gasteiger partial charge in [-0.15, -0.1) is 0 Å². The summed E-state index contributed by atoms with van der Waals surface area (Å²) >= 11 is 0. The van der Waals surface area contributed by atoms with Crippen molar-refractivity contribution < 1.29 is 9.90 Å². The fourth-order valence-corrected chi connectivity index (χ4v) is 2.79. The van der Waals surface area contributed by atoms with Gasteiger partial charge in [-0.3, -0.25) is 0 Å². The number of nitrogens with one attached hydrogen (secondary N) is 1. The molecule has 1 aliphatic rings. The largest absolute Gasteiger partial charge is 0.477 e. The average molecular weight is 271 g/mol. The topological polar surface area (TPSA) is 67.2 Å². The Balaban J connectivity index is 2.05. The van der Waals surface area contributed by atoms with E-state index in [1.54, 1.807) is 4.68 Å². The number of fused-ring (bicyclic) bond motifs is 1. The highest BCUT2D eigenvalue weighted by Gasteiger charge is 2.36. The van der Waals surface area contributed by atoms with Crippen LogP contribution in [0.3, 0.4) is 0 Å². The fourth-order valence-electron chi connectivity index (χ4n) is 2.79. The Labute approximate surface area is 117 Å². The van der Waals surface area contributed by atoms with E-state index in [1.807, 2.05) is 18.2 Å². The van der Waals surface area contributed by atoms with Crippen molar-refractivity contribution in [2.45, 2.75) is 31.8 Å². The second kappa shape index (κ2) is 4.37. The number of carbonyl (C=O) groups is 1. The number of carboxylic acids is 1. The highest BCUT2D eigenvalue weighted by Crippen LogP contribution is 2.39. The van der Waals surface area contributed by atoms with Crippen molar-refractivity contribution in [3.05, 3.63) is 47.7 Å². The molecule has 5 nitrogen and oxygen atoms in total. The first kappa shape index (κ1) is 12.7. The normalized spacial score (nSPS) is 20.0. The molecule has 5 heteroatoms. The number of aromatic carboxylic acids is 1. The van der Waals surface area contributed by atoms with E-state index in [0.717, 1.165) is 12.0 Å². The maximum atomic E-state index is 11.3. The smallest absolute Gasteiger partial charge is 0.341 e. The van der Waals surface area contributed by atoms with E-state index < -0.39 is 5.97 Å². The molecule has 104 valence electrons. The Morgan fingerprint density at radius 2 is 2.10 bits per heavy atom. The molecule has 2 heterocycles. The van der Waals surface area contributed by atoms with Crippen LogP contribution in [0.1, 0.15) is 42.2 Å². The fraction of sp³-hybridized carbons (Fsp3) is 0.333. The summed E-state index contributed by atoms with van der Waals surface area (Å²) in [5, 5.41) is 16.8. The molecule has 1 aromatic heterocycles. The average Bonchev–Trinajstić information content (AvgIpc) is 2.84. The van der Waals surface area contributed by atoms with Gasteiger partial charge in [-0.05, 0) is 25.8 Å². The van der Waals surface area contributed by atoms with Crippen LogP contribution < -0.4 is 5.32 Å². The van der Waals surface area contributed by atoms with Crippen LogP contribution in [0.25, 0.3) is 0 Å². The molecule has 0 bridgehead atoms. The number of carboxylic acid groups (broad SMARTS) is 1. The van der Waals surface area contributed by atoms with Crippen LogP contribution in [0, 0.1) is 0 Å². The zero-order chi connectivity index (χ0) is 14.3. The molecule has 20 heavy (non-hydrogen) atoms. The predicted molar refractivity (Wildman–Crippen MR) is 75.9 cm³/mol. The number of aromatic nitrogens is 2. The molecule has 2 N–H and O–H groups in total. The van der Waals surface area contributed by atoms with Crippen LogP contribution in [-0.4, -0.2) is 20.9 Å². The summed E-state index contributed by atoms with van der Waals surface area (Å²) in [5.74, 6) is -0.370. The summed E-state index contributed by atoms with van der Waals surface area (Å²) in [6.45, 7) is 4.15. The highest BCUT2D eigenvalue weighted by molar-refractivity contribution is 5.93. The standard InChI is InChI=1S/C15H17N3O2/c1-15(2)8-12(10-6-4-3-5-7-10)17-13-11(14(19)20)9-16-18(13)15/h3-7,9,12,17H,8H2,1-2H3,(H,19,20)/t12-/m0/s1. The van der Waals surface area contributed by atoms with Crippen molar-refractivity contribution in [1.29, 1.82) is 0 Å². The molecule has 2 aromatic rings. The lowest BCUT2D eigenvalue weighted by atomic mass is 9.89. The van der Waals surface area contributed by atoms with Gasteiger partial charge >= 0.3 is 5.97 Å². The van der Waals surface area contributed by atoms with Gasteiger partial charge in [0.1, 0.15) is 11.4 Å². The third-order valence-electron chi connectivity index (χ3n) is 3.79. The van der Waals surface area contributed by atoms with E-state index in [0.29, 0.717) is 5.82 Å². The molecule has 0 fully saturated rings. The molecule has 0 saturated carbocycles. The first-order chi connectivity index (χ1) is 9.49. The summed E-state index contributed by atoms with van der Waals surface area (Å²) in [5.41, 5.74) is 1.15. The number of nitrogens with zero attached hydrogens (tertiary/aromatic N) is 2. The molecule has 1 atom stereocenters. The van der Waals surface area contributed by atoms with Crippen molar-refractivity contribution in [2.24, 2.45) is 0 Å². The lowest BCUT2D eigenvalue weighted by Crippen LogP contribution is -2.38. The van der Waals surface area contributed by atoms with Gasteiger partial charge in [0.2, 0.25) is 0 Å². The van der Waals surface area contributed by atoms with Crippen LogP contribution in [0.15, 0.2) is 36.5 Å². The van der Waals surface area contributed by atoms with Crippen LogP contribution in [0.2, 0.25) is 0 Å². The van der Waals surface area contributed by atoms with Gasteiger partial charge in [0.05, 0.1) is 17.8 Å². The molecule has 0 amide bonds. The molecular weight excluding hydrogens is 254 g/mol. The number of hydrogen-bond acceptors (Lipinski definition) is 3. The number of anilines is 1. The molecule has 3 rings (SSSR count). The first-order valence-corrected chi connectivity index (χ1v) is 6.62. The van der Waals surface area contributed by atoms with Gasteiger partial charge < -0.3 is 10.4 Å². The zero-order valence-electron chi connectivity index (χ0n) is 11.5. The molecule has 0 saturated heterocycles. The van der Waals surface area contributed by atoms with E-state index in [9.17, 15) is 9.90 Å². The SMILES string of the molecule is CC1(C)C[C@@H](c2ccccc2)Nc2c(C(=O)O)cnn21. The monoisotopic (exact) mass is 271 g/mol. The molecular formula is C15H17N3O2. The van der Waals surface area contributed by atoms with Crippen molar-refractivity contribution in [1.82, 2.24) is 9.78 Å². The maximum absolute atomic E-state index is 11.3. The van der Waals surface area contributed by atoms with Crippen LogP contribution >= 0.6 is 0 Å². The Bertz CT molecular complexity index is 646. The lowest BCUT2D eigenvalue weighted by molar-refractivity contribution is 0.0697. The van der Waals surface area contributed by atoms with Crippen LogP contribution in [0.4, 0.5) is 5.82 Å². The van der Waals surface area contributed by atoms with Crippen molar-refractivity contribution >= 4 is 11.8 Å². The Morgan fingerprint density at radius 3 is 2.75 bits per heavy atom. The second-order valence-corrected chi connectivity index (χ2v) is 5.75. The van der Waals surface area contributed by atoms with E-state index in [1.165, 1.54) is 6.20 Å². The third kappa shape index (κ3) is 1.95. The minimum atomic E-state index is -0.955. The molecule has 0 radical (unpaired) electrons. The third-order valence-corrected chi connectivity index (χ3v) is 3.79. The molecule has 1 aliphatic heterocycles. The maximum Gasteiger partial charge on any atom is 0.341 e. The molecule has 1 aromatic carbocycles. The number of rotatable bonds is 2. The van der Waals surface area contributed by atoms with Gasteiger partial charge in [-0.2, -0.15) is 5.10 Å². The quantitative estimate of drug-likeness (QED) is 0.881. The minimum absolute atomic E-state index is 0.0912. The van der Waals surface area contributed by atoms with Gasteiger partial charge in [0.15, 0.2) is 0 Å². The summed E-state index contributed by atoms with van der Waals surface area (Å²) < 4.78 is 1.77. The Kier molecular flexibility index (Phi) is 2.78. The van der Waals surface area contributed by atoms with E-state index in [4.69, 9.17) is 0 Å². The summed E-state index contributed by atoms with van der Waals surface area (Å²) in [6, 6.07) is 10.2. The summed E-state index contributed by atoms with van der Waals surface area (Å²) in [6.07, 6.45) is 2.27. The van der Waals surface area contributed by atoms with E-state index in [2.05, 4.69) is 36.4 Å². The van der Waals surface area contributed by atoms with Gasteiger partial charge in [0.25, 0.3) is 0 Å². The van der Waals surface area contributed by atoms with E-state index in [-0.39, 0.29) is 17.1 Å². The van der Waals surface area contributed by atoms with E-state index >= 15 is 0 Å². The van der Waals surface area contributed by atoms with Crippen LogP contribution in [-0.2, 0) is 5.54 Å². The highest BCUT2D eigenvalue weighted by atomic mass is 16.4. The van der Waals surface area contributed by atoms with Crippen molar-refractivity contribution in [2.75, 3.05) is 5.32 Å². The summed E-state index contributed by atoms with van der Waals surface area (Å²) in [7, 11) is 0. The molecule has 0 aliphatic carbocycles. The van der Waals surface area contributed by atoms with Gasteiger partial charge in [-0.1, -0.05) is 30.3 Å². The predicted octanol–water partition coefficient (Wildman–Crippen LogP) is 2.87. The first-order valence-electron chi connectivity index (χ1n) is 6.62. The molecule has 0 unspecified atom stereocenters. The summed E-state index contributed by atoms with van der Waals surface area (Å²) in [4.78, 5) is 11.3. The Hall–Kier alpha value is -2.30. The van der Waals surface area contributed by atoms with Crippen molar-refractivity contribution in [3.8, 4) is 0 Å². The zero-order valence-corrected chi connectivity index (χ0v) is 11.5. The van der Waals surface area contributed by atoms with Crippen LogP contribution in [0.5, 0.6) is 0 Å². The second-order valence-electron chi connectivity index (χ2n) is 5.75. The van der Waals surface area contributed by atoms with Crippen molar-refractivity contribution in [3.63, 3.8) is 0 Å².